The average Bonchev–Trinajstić information content (AvgIpc) is 3.04. The predicted molar refractivity (Wildman–Crippen MR) is 85.9 cm³/mol. The van der Waals surface area contributed by atoms with E-state index in [0.717, 1.165) is 24.0 Å². The van der Waals surface area contributed by atoms with Gasteiger partial charge >= 0.3 is 0 Å². The number of aromatic nitrogens is 2. The highest BCUT2D eigenvalue weighted by molar-refractivity contribution is 7.88. The zero-order chi connectivity index (χ0) is 15.6. The molecule has 3 rings (SSSR count). The lowest BCUT2D eigenvalue weighted by molar-refractivity contribution is 0.273. The number of piperidine rings is 1. The van der Waals surface area contributed by atoms with Crippen LogP contribution in [0.25, 0.3) is 0 Å². The molecule has 0 bridgehead atoms. The summed E-state index contributed by atoms with van der Waals surface area (Å²) in [5.41, 5.74) is 1.92. The molecule has 0 unspecified atom stereocenters. The van der Waals surface area contributed by atoms with Crippen molar-refractivity contribution >= 4 is 10.0 Å². The van der Waals surface area contributed by atoms with Crippen molar-refractivity contribution in [2.24, 2.45) is 0 Å². The van der Waals surface area contributed by atoms with Gasteiger partial charge in [0.1, 0.15) is 0 Å². The smallest absolute Gasteiger partial charge is 0.218 e. The molecule has 1 aromatic carbocycles. The second-order valence-electron chi connectivity index (χ2n) is 5.82. The number of benzene rings is 1. The fourth-order valence-electron chi connectivity index (χ4n) is 2.96. The second kappa shape index (κ2) is 6.22. The van der Waals surface area contributed by atoms with Crippen LogP contribution in [0, 0.1) is 6.92 Å². The van der Waals surface area contributed by atoms with Crippen LogP contribution in [0.5, 0.6) is 0 Å². The highest BCUT2D eigenvalue weighted by Crippen LogP contribution is 2.25. The number of sulfonamides is 1. The van der Waals surface area contributed by atoms with E-state index in [1.807, 2.05) is 43.7 Å². The molecule has 2 heterocycles. The van der Waals surface area contributed by atoms with Crippen molar-refractivity contribution in [2.45, 2.75) is 31.6 Å². The number of hydrogen-bond acceptors (Lipinski definition) is 3. The van der Waals surface area contributed by atoms with Gasteiger partial charge in [-0.05, 0) is 30.9 Å². The third kappa shape index (κ3) is 3.23. The topological polar surface area (TPSA) is 55.2 Å². The first kappa shape index (κ1) is 15.2. The molecule has 1 aliphatic heterocycles. The van der Waals surface area contributed by atoms with E-state index in [4.69, 9.17) is 0 Å². The third-order valence-electron chi connectivity index (χ3n) is 4.36. The van der Waals surface area contributed by atoms with Crippen LogP contribution in [0.4, 0.5) is 0 Å². The number of nitrogens with zero attached hydrogens (tertiary/aromatic N) is 3. The lowest BCUT2D eigenvalue weighted by atomic mass is 10.1. The minimum absolute atomic E-state index is 0.0927. The van der Waals surface area contributed by atoms with E-state index in [9.17, 15) is 8.42 Å². The molecule has 0 spiro atoms. The molecule has 0 saturated carbocycles. The lowest BCUT2D eigenvalue weighted by Gasteiger charge is -2.31. The standard InChI is InChI=1S/C16H21N3O2S/c1-14-4-2-3-5-15(14)12-22(20,21)19-9-6-16(7-10-19)18-11-8-17-13-18/h2-5,8,11,13,16H,6-7,9-10,12H2,1H3. The Kier molecular flexibility index (Phi) is 4.31. The molecule has 0 amide bonds. The van der Waals surface area contributed by atoms with Crippen molar-refractivity contribution in [3.05, 3.63) is 54.1 Å². The Balaban J connectivity index is 1.66. The van der Waals surface area contributed by atoms with Gasteiger partial charge in [-0.15, -0.1) is 0 Å². The summed E-state index contributed by atoms with van der Waals surface area (Å²) in [5.74, 6) is 0.0927. The summed E-state index contributed by atoms with van der Waals surface area (Å²) in [6, 6.07) is 8.03. The maximum Gasteiger partial charge on any atom is 0.218 e. The molecule has 1 aromatic heterocycles. The lowest BCUT2D eigenvalue weighted by Crippen LogP contribution is -2.39. The van der Waals surface area contributed by atoms with Gasteiger partial charge in [0.05, 0.1) is 12.1 Å². The zero-order valence-electron chi connectivity index (χ0n) is 12.7. The predicted octanol–water partition coefficient (Wildman–Crippen LogP) is 2.36. The molecule has 0 atom stereocenters. The van der Waals surface area contributed by atoms with Crippen molar-refractivity contribution in [3.63, 3.8) is 0 Å². The Morgan fingerprint density at radius 1 is 1.23 bits per heavy atom. The minimum atomic E-state index is -3.24. The summed E-state index contributed by atoms with van der Waals surface area (Å²) in [4.78, 5) is 4.06. The molecule has 5 nitrogen and oxygen atoms in total. The summed E-state index contributed by atoms with van der Waals surface area (Å²) in [6.07, 6.45) is 7.19. The van der Waals surface area contributed by atoms with Crippen molar-refractivity contribution < 1.29 is 8.42 Å². The molecule has 118 valence electrons. The van der Waals surface area contributed by atoms with Crippen molar-refractivity contribution in [1.29, 1.82) is 0 Å². The van der Waals surface area contributed by atoms with Crippen LogP contribution in [0.15, 0.2) is 43.0 Å². The van der Waals surface area contributed by atoms with Crippen LogP contribution < -0.4 is 0 Å². The van der Waals surface area contributed by atoms with Crippen LogP contribution in [0.3, 0.4) is 0 Å². The molecule has 1 fully saturated rings. The summed E-state index contributed by atoms with van der Waals surface area (Å²) in [6.45, 7) is 3.12. The molecule has 6 heteroatoms. The molecule has 22 heavy (non-hydrogen) atoms. The van der Waals surface area contributed by atoms with Gasteiger partial charge in [0.2, 0.25) is 10.0 Å². The summed E-state index contributed by atoms with van der Waals surface area (Å²) < 4.78 is 28.9. The van der Waals surface area contributed by atoms with Crippen LogP contribution in [-0.4, -0.2) is 35.4 Å². The Morgan fingerprint density at radius 2 is 1.95 bits per heavy atom. The average molecular weight is 319 g/mol. The number of rotatable bonds is 4. The number of imidazole rings is 1. The van der Waals surface area contributed by atoms with E-state index in [-0.39, 0.29) is 5.75 Å². The number of hydrogen-bond donors (Lipinski definition) is 0. The van der Waals surface area contributed by atoms with Gasteiger partial charge in [-0.3, -0.25) is 0 Å². The van der Waals surface area contributed by atoms with Gasteiger partial charge in [-0.25, -0.2) is 17.7 Å². The van der Waals surface area contributed by atoms with Gasteiger partial charge in [0, 0.05) is 31.5 Å². The molecule has 0 radical (unpaired) electrons. The van der Waals surface area contributed by atoms with Gasteiger partial charge < -0.3 is 4.57 Å². The Labute approximate surface area is 131 Å². The van der Waals surface area contributed by atoms with E-state index < -0.39 is 10.0 Å². The SMILES string of the molecule is Cc1ccccc1CS(=O)(=O)N1CCC(n2ccnc2)CC1. The van der Waals surface area contributed by atoms with E-state index >= 15 is 0 Å². The van der Waals surface area contributed by atoms with Gasteiger partial charge in [0.15, 0.2) is 0 Å². The van der Waals surface area contributed by atoms with Crippen LogP contribution in [0.2, 0.25) is 0 Å². The summed E-state index contributed by atoms with van der Waals surface area (Å²) in [7, 11) is -3.24. The third-order valence-corrected chi connectivity index (χ3v) is 6.19. The normalized spacial score (nSPS) is 17.7. The van der Waals surface area contributed by atoms with Gasteiger partial charge in [0.25, 0.3) is 0 Å². The number of aryl methyl sites for hydroxylation is 1. The summed E-state index contributed by atoms with van der Waals surface area (Å²) in [5, 5.41) is 0. The Bertz CT molecular complexity index is 718. The molecule has 1 saturated heterocycles. The zero-order valence-corrected chi connectivity index (χ0v) is 13.5. The first-order chi connectivity index (χ1) is 10.6. The van der Waals surface area contributed by atoms with Crippen molar-refractivity contribution in [3.8, 4) is 0 Å². The maximum absolute atomic E-state index is 12.6. The maximum atomic E-state index is 12.6. The molecular formula is C16H21N3O2S. The second-order valence-corrected chi connectivity index (χ2v) is 7.79. The van der Waals surface area contributed by atoms with Crippen molar-refractivity contribution in [1.82, 2.24) is 13.9 Å². The van der Waals surface area contributed by atoms with Crippen LogP contribution >= 0.6 is 0 Å². The fourth-order valence-corrected chi connectivity index (χ4v) is 4.63. The van der Waals surface area contributed by atoms with Crippen LogP contribution in [0.1, 0.15) is 30.0 Å². The first-order valence-corrected chi connectivity index (χ1v) is 9.17. The molecule has 1 aliphatic rings. The first-order valence-electron chi connectivity index (χ1n) is 7.56. The Hall–Kier alpha value is -1.66. The van der Waals surface area contributed by atoms with E-state index in [0.29, 0.717) is 19.1 Å². The summed E-state index contributed by atoms with van der Waals surface area (Å²) >= 11 is 0. The van der Waals surface area contributed by atoms with Gasteiger partial charge in [-0.1, -0.05) is 24.3 Å². The Morgan fingerprint density at radius 3 is 2.59 bits per heavy atom. The fraction of sp³-hybridized carbons (Fsp3) is 0.438. The van der Waals surface area contributed by atoms with Crippen molar-refractivity contribution in [2.75, 3.05) is 13.1 Å². The van der Waals surface area contributed by atoms with Gasteiger partial charge in [-0.2, -0.15) is 0 Å². The molecule has 0 aliphatic carbocycles. The van der Waals surface area contributed by atoms with Crippen LogP contribution in [-0.2, 0) is 15.8 Å². The molecule has 2 aromatic rings. The molecular weight excluding hydrogens is 298 g/mol. The quantitative estimate of drug-likeness (QED) is 0.869. The molecule has 0 N–H and O–H groups in total. The largest absolute Gasteiger partial charge is 0.334 e. The minimum Gasteiger partial charge on any atom is -0.334 e. The van der Waals surface area contributed by atoms with E-state index in [2.05, 4.69) is 9.55 Å². The highest BCUT2D eigenvalue weighted by Gasteiger charge is 2.28. The highest BCUT2D eigenvalue weighted by atomic mass is 32.2. The van der Waals surface area contributed by atoms with E-state index in [1.54, 1.807) is 10.5 Å². The van der Waals surface area contributed by atoms with E-state index in [1.165, 1.54) is 0 Å². The monoisotopic (exact) mass is 319 g/mol.